The molecule has 4 heteroatoms. The van der Waals surface area contributed by atoms with Crippen molar-refractivity contribution in [3.8, 4) is 0 Å². The number of pyridine rings is 1. The van der Waals surface area contributed by atoms with Gasteiger partial charge in [-0.2, -0.15) is 0 Å². The third kappa shape index (κ3) is 4.42. The van der Waals surface area contributed by atoms with Crippen molar-refractivity contribution in [3.05, 3.63) is 66.0 Å². The molecule has 0 saturated carbocycles. The number of nitrogens with one attached hydrogen (secondary N) is 1. The summed E-state index contributed by atoms with van der Waals surface area (Å²) in [6.07, 6.45) is 5.57. The molecule has 0 radical (unpaired) electrons. The molecule has 2 heterocycles. The summed E-state index contributed by atoms with van der Waals surface area (Å²) in [5.74, 6) is 0.314. The van der Waals surface area contributed by atoms with Gasteiger partial charge in [0.25, 0.3) is 0 Å². The van der Waals surface area contributed by atoms with E-state index in [0.29, 0.717) is 0 Å². The van der Waals surface area contributed by atoms with Crippen LogP contribution in [0.25, 0.3) is 0 Å². The first-order chi connectivity index (χ1) is 11.7. The number of hydrogen-bond donors (Lipinski definition) is 1. The number of carbonyl (C=O) groups excluding carboxylic acids is 1. The van der Waals surface area contributed by atoms with Crippen molar-refractivity contribution in [2.75, 3.05) is 13.1 Å². The highest BCUT2D eigenvalue weighted by Gasteiger charge is 2.25. The number of hydrogen-bond acceptors (Lipinski definition) is 3. The van der Waals surface area contributed by atoms with Crippen molar-refractivity contribution < 1.29 is 4.79 Å². The highest BCUT2D eigenvalue weighted by molar-refractivity contribution is 5.79. The Kier molecular flexibility index (Phi) is 5.59. The van der Waals surface area contributed by atoms with E-state index < -0.39 is 0 Å². The zero-order valence-electron chi connectivity index (χ0n) is 14.2. The van der Waals surface area contributed by atoms with E-state index in [-0.39, 0.29) is 17.9 Å². The van der Waals surface area contributed by atoms with Gasteiger partial charge in [0.05, 0.1) is 6.04 Å². The van der Waals surface area contributed by atoms with Crippen LogP contribution in [0, 0.1) is 5.92 Å². The molecule has 1 aromatic carbocycles. The first-order valence-electron chi connectivity index (χ1n) is 8.69. The minimum absolute atomic E-state index is 0.0622. The van der Waals surface area contributed by atoms with Crippen LogP contribution in [0.3, 0.4) is 0 Å². The van der Waals surface area contributed by atoms with Crippen LogP contribution in [0.5, 0.6) is 0 Å². The second kappa shape index (κ2) is 8.06. The Labute approximate surface area is 143 Å². The zero-order valence-corrected chi connectivity index (χ0v) is 14.2. The molecule has 1 fully saturated rings. The van der Waals surface area contributed by atoms with Gasteiger partial charge in [0.1, 0.15) is 0 Å². The number of amides is 1. The fourth-order valence-corrected chi connectivity index (χ4v) is 3.26. The van der Waals surface area contributed by atoms with Crippen molar-refractivity contribution in [1.82, 2.24) is 15.2 Å². The molecule has 1 aliphatic heterocycles. The maximum Gasteiger partial charge on any atom is 0.223 e. The molecule has 1 aromatic heterocycles. The minimum Gasteiger partial charge on any atom is -0.349 e. The molecule has 0 spiro atoms. The number of likely N-dealkylation sites (tertiary alicyclic amines) is 1. The lowest BCUT2D eigenvalue weighted by molar-refractivity contribution is -0.127. The topological polar surface area (TPSA) is 45.2 Å². The van der Waals surface area contributed by atoms with Gasteiger partial charge < -0.3 is 5.32 Å². The number of rotatable bonds is 5. The molecule has 0 bridgehead atoms. The third-order valence-corrected chi connectivity index (χ3v) is 4.75. The number of piperidine rings is 1. The Morgan fingerprint density at radius 2 is 1.96 bits per heavy atom. The van der Waals surface area contributed by atoms with E-state index in [1.807, 2.05) is 37.4 Å². The zero-order chi connectivity index (χ0) is 16.8. The minimum atomic E-state index is 0.0622. The van der Waals surface area contributed by atoms with E-state index in [2.05, 4.69) is 33.4 Å². The molecule has 1 atom stereocenters. The van der Waals surface area contributed by atoms with Crippen LogP contribution in [0.1, 0.15) is 36.9 Å². The van der Waals surface area contributed by atoms with Crippen LogP contribution < -0.4 is 5.32 Å². The van der Waals surface area contributed by atoms with E-state index in [1.165, 1.54) is 5.56 Å². The summed E-state index contributed by atoms with van der Waals surface area (Å²) in [7, 11) is 0. The Bertz CT molecular complexity index is 636. The number of benzene rings is 1. The normalized spacial score (nSPS) is 17.4. The summed E-state index contributed by atoms with van der Waals surface area (Å²) < 4.78 is 0. The number of carbonyl (C=O) groups is 1. The molecule has 1 amide bonds. The number of nitrogens with zero attached hydrogens (tertiary/aromatic N) is 2. The van der Waals surface area contributed by atoms with Crippen molar-refractivity contribution in [2.24, 2.45) is 5.92 Å². The summed E-state index contributed by atoms with van der Waals surface area (Å²) in [4.78, 5) is 19.1. The smallest absolute Gasteiger partial charge is 0.223 e. The molecule has 24 heavy (non-hydrogen) atoms. The molecule has 3 rings (SSSR count). The summed E-state index contributed by atoms with van der Waals surface area (Å²) in [5, 5.41) is 3.16. The van der Waals surface area contributed by atoms with Crippen LogP contribution in [-0.2, 0) is 11.3 Å². The molecular weight excluding hydrogens is 298 g/mol. The fourth-order valence-electron chi connectivity index (χ4n) is 3.26. The van der Waals surface area contributed by atoms with Crippen molar-refractivity contribution in [3.63, 3.8) is 0 Å². The van der Waals surface area contributed by atoms with Crippen molar-refractivity contribution in [2.45, 2.75) is 32.4 Å². The molecule has 0 unspecified atom stereocenters. The van der Waals surface area contributed by atoms with Gasteiger partial charge in [-0.15, -0.1) is 0 Å². The fraction of sp³-hybridized carbons (Fsp3) is 0.400. The van der Waals surface area contributed by atoms with Crippen LogP contribution in [0.15, 0.2) is 54.9 Å². The Hall–Kier alpha value is -2.20. The second-order valence-corrected chi connectivity index (χ2v) is 6.55. The molecule has 126 valence electrons. The van der Waals surface area contributed by atoms with Crippen LogP contribution >= 0.6 is 0 Å². The highest BCUT2D eigenvalue weighted by Crippen LogP contribution is 2.20. The van der Waals surface area contributed by atoms with Crippen molar-refractivity contribution >= 4 is 5.91 Å². The summed E-state index contributed by atoms with van der Waals surface area (Å²) in [6, 6.07) is 14.3. The molecule has 2 aromatic rings. The monoisotopic (exact) mass is 323 g/mol. The summed E-state index contributed by atoms with van der Waals surface area (Å²) >= 11 is 0. The molecule has 0 aliphatic carbocycles. The van der Waals surface area contributed by atoms with Crippen LogP contribution in [0.4, 0.5) is 0 Å². The lowest BCUT2D eigenvalue weighted by atomic mass is 9.95. The van der Waals surface area contributed by atoms with Crippen LogP contribution in [-0.4, -0.2) is 28.9 Å². The van der Waals surface area contributed by atoms with Gasteiger partial charge in [-0.25, -0.2) is 0 Å². The Morgan fingerprint density at radius 1 is 1.21 bits per heavy atom. The third-order valence-electron chi connectivity index (χ3n) is 4.75. The second-order valence-electron chi connectivity index (χ2n) is 6.55. The Balaban J connectivity index is 1.47. The van der Waals surface area contributed by atoms with E-state index >= 15 is 0 Å². The first kappa shape index (κ1) is 16.7. The molecule has 1 N–H and O–H groups in total. The summed E-state index contributed by atoms with van der Waals surface area (Å²) in [5.41, 5.74) is 2.39. The maximum absolute atomic E-state index is 12.5. The lowest BCUT2D eigenvalue weighted by Crippen LogP contribution is -2.40. The van der Waals surface area contributed by atoms with E-state index in [9.17, 15) is 4.79 Å². The van der Waals surface area contributed by atoms with Gasteiger partial charge in [-0.05, 0) is 50.0 Å². The number of aromatic nitrogens is 1. The summed E-state index contributed by atoms with van der Waals surface area (Å²) in [6.45, 7) is 4.90. The predicted octanol–water partition coefficient (Wildman–Crippen LogP) is 3.17. The molecule has 4 nitrogen and oxygen atoms in total. The van der Waals surface area contributed by atoms with Crippen LogP contribution in [0.2, 0.25) is 0 Å². The SMILES string of the molecule is C[C@@H](NC(=O)C1CCN(Cc2cccnc2)CC1)c1ccccc1. The largest absolute Gasteiger partial charge is 0.349 e. The average Bonchev–Trinajstić information content (AvgIpc) is 2.64. The molecule has 1 aliphatic rings. The van der Waals surface area contributed by atoms with Gasteiger partial charge in [0.15, 0.2) is 0 Å². The Morgan fingerprint density at radius 3 is 2.62 bits per heavy atom. The van der Waals surface area contributed by atoms with Crippen molar-refractivity contribution in [1.29, 1.82) is 0 Å². The predicted molar refractivity (Wildman–Crippen MR) is 95.2 cm³/mol. The van der Waals surface area contributed by atoms with Gasteiger partial charge in [0.2, 0.25) is 5.91 Å². The standard InChI is InChI=1S/C20H25N3O/c1-16(18-7-3-2-4-8-18)22-20(24)19-9-12-23(13-10-19)15-17-6-5-11-21-14-17/h2-8,11,14,16,19H,9-10,12-13,15H2,1H3,(H,22,24)/t16-/m1/s1. The van der Waals surface area contributed by atoms with Gasteiger partial charge in [0, 0.05) is 24.9 Å². The maximum atomic E-state index is 12.5. The van der Waals surface area contributed by atoms with Gasteiger partial charge in [-0.1, -0.05) is 36.4 Å². The quantitative estimate of drug-likeness (QED) is 0.919. The average molecular weight is 323 g/mol. The van der Waals surface area contributed by atoms with Gasteiger partial charge in [-0.3, -0.25) is 14.7 Å². The first-order valence-corrected chi connectivity index (χ1v) is 8.69. The van der Waals surface area contributed by atoms with E-state index in [0.717, 1.165) is 38.0 Å². The van der Waals surface area contributed by atoms with E-state index in [4.69, 9.17) is 0 Å². The molecular formula is C20H25N3O. The lowest BCUT2D eigenvalue weighted by Gasteiger charge is -2.31. The van der Waals surface area contributed by atoms with E-state index in [1.54, 1.807) is 6.20 Å². The highest BCUT2D eigenvalue weighted by atomic mass is 16.1. The van der Waals surface area contributed by atoms with Gasteiger partial charge >= 0.3 is 0 Å². The molecule has 1 saturated heterocycles.